The SMILES string of the molecule is C/C(=C/C(=O)O)CNc1ccc(Br)cc1OC(F)(F)F. The Hall–Kier alpha value is -1.70. The molecule has 0 bridgehead atoms. The van der Waals surface area contributed by atoms with Crippen LogP contribution in [0.4, 0.5) is 18.9 Å². The van der Waals surface area contributed by atoms with Gasteiger partial charge in [-0.2, -0.15) is 0 Å². The maximum Gasteiger partial charge on any atom is 0.573 e. The zero-order valence-electron chi connectivity index (χ0n) is 10.3. The van der Waals surface area contributed by atoms with E-state index in [-0.39, 0.29) is 12.2 Å². The number of carbonyl (C=O) groups is 1. The van der Waals surface area contributed by atoms with Gasteiger partial charge in [-0.05, 0) is 30.7 Å². The van der Waals surface area contributed by atoms with Crippen molar-refractivity contribution in [3.05, 3.63) is 34.3 Å². The number of hydrogen-bond acceptors (Lipinski definition) is 3. The average Bonchev–Trinajstić information content (AvgIpc) is 2.24. The molecule has 0 saturated carbocycles. The molecule has 0 heterocycles. The van der Waals surface area contributed by atoms with E-state index in [4.69, 9.17) is 5.11 Å². The van der Waals surface area contributed by atoms with Crippen LogP contribution in [0.15, 0.2) is 34.3 Å². The highest BCUT2D eigenvalue weighted by molar-refractivity contribution is 9.10. The third-order valence-corrected chi connectivity index (χ3v) is 2.59. The Morgan fingerprint density at radius 2 is 2.15 bits per heavy atom. The van der Waals surface area contributed by atoms with Gasteiger partial charge in [0, 0.05) is 17.1 Å². The largest absolute Gasteiger partial charge is 0.573 e. The van der Waals surface area contributed by atoms with E-state index in [0.29, 0.717) is 10.0 Å². The maximum absolute atomic E-state index is 12.3. The van der Waals surface area contributed by atoms with Gasteiger partial charge in [-0.3, -0.25) is 0 Å². The standard InChI is InChI=1S/C12H11BrF3NO3/c1-7(4-11(18)19)6-17-9-3-2-8(13)5-10(9)20-12(14,15)16/h2-5,17H,6H2,1H3,(H,18,19)/b7-4-. The van der Waals surface area contributed by atoms with Crippen molar-refractivity contribution < 1.29 is 27.8 Å². The highest BCUT2D eigenvalue weighted by atomic mass is 79.9. The lowest BCUT2D eigenvalue weighted by Gasteiger charge is -2.15. The predicted octanol–water partition coefficient (Wildman–Crippen LogP) is 3.79. The van der Waals surface area contributed by atoms with Crippen molar-refractivity contribution in [3.63, 3.8) is 0 Å². The number of alkyl halides is 3. The zero-order chi connectivity index (χ0) is 15.3. The Bertz CT molecular complexity index is 529. The lowest BCUT2D eigenvalue weighted by atomic mass is 10.2. The number of carboxylic acid groups (broad SMARTS) is 1. The molecule has 0 amide bonds. The topological polar surface area (TPSA) is 58.6 Å². The minimum Gasteiger partial charge on any atom is -0.478 e. The minimum atomic E-state index is -4.80. The molecular weight excluding hydrogens is 343 g/mol. The second-order valence-corrected chi connectivity index (χ2v) is 4.79. The van der Waals surface area contributed by atoms with Crippen molar-refractivity contribution in [2.45, 2.75) is 13.3 Å². The van der Waals surface area contributed by atoms with E-state index in [1.54, 1.807) is 13.0 Å². The van der Waals surface area contributed by atoms with E-state index in [2.05, 4.69) is 26.0 Å². The van der Waals surface area contributed by atoms with Gasteiger partial charge >= 0.3 is 12.3 Å². The summed E-state index contributed by atoms with van der Waals surface area (Å²) in [5, 5.41) is 11.2. The molecule has 0 atom stereocenters. The highest BCUT2D eigenvalue weighted by Crippen LogP contribution is 2.32. The predicted molar refractivity (Wildman–Crippen MR) is 70.7 cm³/mol. The Kier molecular flexibility index (Phi) is 5.43. The number of anilines is 1. The molecule has 0 fully saturated rings. The number of hydrogen-bond donors (Lipinski definition) is 2. The zero-order valence-corrected chi connectivity index (χ0v) is 11.9. The fraction of sp³-hybridized carbons (Fsp3) is 0.250. The molecule has 20 heavy (non-hydrogen) atoms. The third-order valence-electron chi connectivity index (χ3n) is 2.10. The van der Waals surface area contributed by atoms with E-state index in [0.717, 1.165) is 6.08 Å². The third kappa shape index (κ3) is 5.96. The molecule has 4 nitrogen and oxygen atoms in total. The normalized spacial score (nSPS) is 12.2. The molecule has 110 valence electrons. The molecule has 8 heteroatoms. The molecule has 0 radical (unpaired) electrons. The van der Waals surface area contributed by atoms with Crippen molar-refractivity contribution in [2.24, 2.45) is 0 Å². The molecule has 1 aromatic rings. The quantitative estimate of drug-likeness (QED) is 0.790. The van der Waals surface area contributed by atoms with Crippen LogP contribution in [0.25, 0.3) is 0 Å². The van der Waals surface area contributed by atoms with Gasteiger partial charge in [0.15, 0.2) is 5.75 Å². The maximum atomic E-state index is 12.3. The lowest BCUT2D eigenvalue weighted by molar-refractivity contribution is -0.274. The van der Waals surface area contributed by atoms with Crippen molar-refractivity contribution in [2.75, 3.05) is 11.9 Å². The summed E-state index contributed by atoms with van der Waals surface area (Å²) in [6.45, 7) is 1.63. The van der Waals surface area contributed by atoms with Gasteiger partial charge < -0.3 is 15.2 Å². The average molecular weight is 354 g/mol. The van der Waals surface area contributed by atoms with E-state index in [1.807, 2.05) is 0 Å². The Labute approximate surface area is 121 Å². The fourth-order valence-electron chi connectivity index (χ4n) is 1.35. The molecule has 0 saturated heterocycles. The van der Waals surface area contributed by atoms with E-state index in [1.165, 1.54) is 12.1 Å². The first-order valence-corrected chi connectivity index (χ1v) is 6.16. The number of ether oxygens (including phenoxy) is 1. The summed E-state index contributed by atoms with van der Waals surface area (Å²) in [6, 6.07) is 4.12. The summed E-state index contributed by atoms with van der Waals surface area (Å²) in [5.41, 5.74) is 0.571. The number of aliphatic carboxylic acids is 1. The van der Waals surface area contributed by atoms with Crippen molar-refractivity contribution in [3.8, 4) is 5.75 Å². The van der Waals surface area contributed by atoms with Gasteiger partial charge in [0.1, 0.15) is 0 Å². The van der Waals surface area contributed by atoms with Crippen molar-refractivity contribution in [1.82, 2.24) is 0 Å². The van der Waals surface area contributed by atoms with Crippen LogP contribution in [0.2, 0.25) is 0 Å². The first-order valence-electron chi connectivity index (χ1n) is 5.36. The number of rotatable bonds is 5. The summed E-state index contributed by atoms with van der Waals surface area (Å²) < 4.78 is 41.1. The summed E-state index contributed by atoms with van der Waals surface area (Å²) >= 11 is 3.05. The minimum absolute atomic E-state index is 0.0855. The molecule has 0 aliphatic rings. The Morgan fingerprint density at radius 1 is 1.50 bits per heavy atom. The molecule has 0 aromatic heterocycles. The molecule has 0 aliphatic carbocycles. The molecule has 1 aromatic carbocycles. The smallest absolute Gasteiger partial charge is 0.478 e. The van der Waals surface area contributed by atoms with Crippen LogP contribution < -0.4 is 10.1 Å². The van der Waals surface area contributed by atoms with Crippen molar-refractivity contribution in [1.29, 1.82) is 0 Å². The van der Waals surface area contributed by atoms with Crippen LogP contribution in [0, 0.1) is 0 Å². The van der Waals surface area contributed by atoms with E-state index < -0.39 is 18.1 Å². The number of halogens is 4. The van der Waals surface area contributed by atoms with Gasteiger partial charge in [-0.25, -0.2) is 4.79 Å². The van der Waals surface area contributed by atoms with Crippen LogP contribution >= 0.6 is 15.9 Å². The first-order chi connectivity index (χ1) is 9.17. The van der Waals surface area contributed by atoms with E-state index >= 15 is 0 Å². The number of carboxylic acids is 1. The van der Waals surface area contributed by atoms with Crippen LogP contribution in [0.5, 0.6) is 5.75 Å². The summed E-state index contributed by atoms with van der Waals surface area (Å²) in [7, 11) is 0. The highest BCUT2D eigenvalue weighted by Gasteiger charge is 2.32. The molecular formula is C12H11BrF3NO3. The molecule has 0 spiro atoms. The molecule has 1 rings (SSSR count). The van der Waals surface area contributed by atoms with Gasteiger partial charge in [-0.15, -0.1) is 13.2 Å². The molecule has 2 N–H and O–H groups in total. The van der Waals surface area contributed by atoms with Crippen LogP contribution in [0.1, 0.15) is 6.92 Å². The lowest BCUT2D eigenvalue weighted by Crippen LogP contribution is -2.18. The van der Waals surface area contributed by atoms with Crippen LogP contribution in [-0.4, -0.2) is 24.0 Å². The number of nitrogens with one attached hydrogen (secondary N) is 1. The van der Waals surface area contributed by atoms with Crippen molar-refractivity contribution >= 4 is 27.6 Å². The molecule has 0 unspecified atom stereocenters. The summed E-state index contributed by atoms with van der Waals surface area (Å²) in [6.07, 6.45) is -3.83. The van der Waals surface area contributed by atoms with Gasteiger partial charge in [-0.1, -0.05) is 15.9 Å². The van der Waals surface area contributed by atoms with Crippen LogP contribution in [-0.2, 0) is 4.79 Å². The van der Waals surface area contributed by atoms with E-state index in [9.17, 15) is 18.0 Å². The Balaban J connectivity index is 2.87. The fourth-order valence-corrected chi connectivity index (χ4v) is 1.69. The van der Waals surface area contributed by atoms with Gasteiger partial charge in [0.25, 0.3) is 0 Å². The summed E-state index contributed by atoms with van der Waals surface area (Å²) in [4.78, 5) is 10.4. The number of benzene rings is 1. The monoisotopic (exact) mass is 353 g/mol. The first kappa shape index (κ1) is 16.4. The van der Waals surface area contributed by atoms with Gasteiger partial charge in [0.2, 0.25) is 0 Å². The van der Waals surface area contributed by atoms with Gasteiger partial charge in [0.05, 0.1) is 5.69 Å². The van der Waals surface area contributed by atoms with Crippen LogP contribution in [0.3, 0.4) is 0 Å². The molecule has 0 aliphatic heterocycles. The Morgan fingerprint density at radius 3 is 2.70 bits per heavy atom. The second kappa shape index (κ2) is 6.65. The second-order valence-electron chi connectivity index (χ2n) is 3.87. The summed E-state index contributed by atoms with van der Waals surface area (Å²) in [5.74, 6) is -1.51.